The molecule has 0 heterocycles. The number of methoxy groups -OCH3 is 2. The molecule has 2 aromatic rings. The van der Waals surface area contributed by atoms with E-state index in [1.54, 1.807) is 62.8 Å². The Morgan fingerprint density at radius 2 is 1.10 bits per heavy atom. The molecule has 2 aliphatic carbocycles. The van der Waals surface area contributed by atoms with E-state index in [4.69, 9.17) is 9.47 Å². The molecule has 2 amide bonds. The number of carbonyl (C=O) groups is 2. The van der Waals surface area contributed by atoms with Crippen molar-refractivity contribution in [2.75, 3.05) is 24.9 Å². The quantitative estimate of drug-likeness (QED) is 0.735. The maximum absolute atomic E-state index is 13.0. The van der Waals surface area contributed by atoms with Crippen LogP contribution in [0.5, 0.6) is 11.5 Å². The second-order valence-electron chi connectivity index (χ2n) is 7.44. The van der Waals surface area contributed by atoms with Gasteiger partial charge in [-0.3, -0.25) is 9.59 Å². The van der Waals surface area contributed by atoms with Crippen molar-refractivity contribution in [2.45, 2.75) is 6.42 Å². The Hall–Kier alpha value is -3.28. The summed E-state index contributed by atoms with van der Waals surface area (Å²) in [4.78, 5) is 26.1. The van der Waals surface area contributed by atoms with E-state index in [2.05, 4.69) is 22.8 Å². The third-order valence-corrected chi connectivity index (χ3v) is 5.78. The van der Waals surface area contributed by atoms with E-state index < -0.39 is 0 Å². The van der Waals surface area contributed by atoms with Crippen LogP contribution >= 0.6 is 0 Å². The number of amides is 2. The number of hydrogen-bond donors (Lipinski definition) is 2. The molecule has 0 aliphatic heterocycles. The normalized spacial score (nSPS) is 24.2. The Labute approximate surface area is 169 Å². The van der Waals surface area contributed by atoms with Gasteiger partial charge >= 0.3 is 0 Å². The van der Waals surface area contributed by atoms with Gasteiger partial charge in [-0.1, -0.05) is 12.2 Å². The van der Waals surface area contributed by atoms with Crippen molar-refractivity contribution < 1.29 is 19.1 Å². The maximum atomic E-state index is 13.0. The van der Waals surface area contributed by atoms with Gasteiger partial charge in [0.15, 0.2) is 0 Å². The molecule has 0 spiro atoms. The predicted octanol–water partition coefficient (Wildman–Crippen LogP) is 3.72. The summed E-state index contributed by atoms with van der Waals surface area (Å²) in [6, 6.07) is 14.4. The van der Waals surface area contributed by atoms with Gasteiger partial charge in [-0.2, -0.15) is 0 Å². The molecule has 0 saturated heterocycles. The van der Waals surface area contributed by atoms with Crippen LogP contribution in [0.1, 0.15) is 6.42 Å². The Balaban J connectivity index is 1.48. The molecule has 6 nitrogen and oxygen atoms in total. The maximum Gasteiger partial charge on any atom is 0.228 e. The third-order valence-electron chi connectivity index (χ3n) is 5.78. The Bertz CT molecular complexity index is 845. The minimum Gasteiger partial charge on any atom is -0.497 e. The molecule has 2 bridgehead atoms. The lowest BCUT2D eigenvalue weighted by molar-refractivity contribution is -0.129. The van der Waals surface area contributed by atoms with Crippen LogP contribution in [-0.2, 0) is 9.59 Å². The molecule has 0 aromatic heterocycles. The van der Waals surface area contributed by atoms with Crippen LogP contribution in [-0.4, -0.2) is 26.0 Å². The number of carbonyl (C=O) groups excluding carboxylic acids is 2. The standard InChI is InChI=1S/C23H24N2O4/c1-28-18-9-5-16(6-10-18)24-22(26)20-14-3-4-15(13-14)21(20)23(27)25-17-7-11-19(29-2)12-8-17/h3-12,14-15,20-21H,13H2,1-2H3,(H,24,26)(H,25,27)/t14-,15-,20-,21+/m1/s1. The molecule has 150 valence electrons. The van der Waals surface area contributed by atoms with Crippen LogP contribution in [0.25, 0.3) is 0 Å². The molecular formula is C23H24N2O4. The van der Waals surface area contributed by atoms with Crippen LogP contribution in [0, 0.1) is 23.7 Å². The first kappa shape index (κ1) is 19.1. The van der Waals surface area contributed by atoms with Gasteiger partial charge in [0.2, 0.25) is 11.8 Å². The lowest BCUT2D eigenvalue weighted by Crippen LogP contribution is -2.39. The fraction of sp³-hybridized carbons (Fsp3) is 0.304. The van der Waals surface area contributed by atoms with Crippen LogP contribution in [0.3, 0.4) is 0 Å². The van der Waals surface area contributed by atoms with Gasteiger partial charge in [-0.05, 0) is 66.8 Å². The molecule has 1 saturated carbocycles. The summed E-state index contributed by atoms with van der Waals surface area (Å²) < 4.78 is 10.3. The topological polar surface area (TPSA) is 76.7 Å². The molecule has 0 unspecified atom stereocenters. The first-order valence-corrected chi connectivity index (χ1v) is 9.67. The molecule has 0 radical (unpaired) electrons. The molecule has 4 rings (SSSR count). The summed E-state index contributed by atoms with van der Waals surface area (Å²) in [5, 5.41) is 5.92. The minimum absolute atomic E-state index is 0.0878. The number of rotatable bonds is 6. The van der Waals surface area contributed by atoms with E-state index in [0.717, 1.165) is 17.9 Å². The van der Waals surface area contributed by atoms with Gasteiger partial charge < -0.3 is 20.1 Å². The molecule has 6 heteroatoms. The minimum atomic E-state index is -0.384. The fourth-order valence-electron chi connectivity index (χ4n) is 4.34. The van der Waals surface area contributed by atoms with Gasteiger partial charge in [-0.25, -0.2) is 0 Å². The van der Waals surface area contributed by atoms with Crippen molar-refractivity contribution in [2.24, 2.45) is 23.7 Å². The molecule has 29 heavy (non-hydrogen) atoms. The van der Waals surface area contributed by atoms with Crippen LogP contribution in [0.4, 0.5) is 11.4 Å². The summed E-state index contributed by atoms with van der Waals surface area (Å²) in [6.45, 7) is 0. The summed E-state index contributed by atoms with van der Waals surface area (Å²) in [5.74, 6) is 0.611. The monoisotopic (exact) mass is 392 g/mol. The zero-order valence-corrected chi connectivity index (χ0v) is 16.4. The summed E-state index contributed by atoms with van der Waals surface area (Å²) >= 11 is 0. The predicted molar refractivity (Wildman–Crippen MR) is 111 cm³/mol. The lowest BCUT2D eigenvalue weighted by Gasteiger charge is -2.26. The lowest BCUT2D eigenvalue weighted by atomic mass is 9.81. The van der Waals surface area contributed by atoms with Crippen molar-refractivity contribution in [1.29, 1.82) is 0 Å². The number of nitrogens with one attached hydrogen (secondary N) is 2. The molecular weight excluding hydrogens is 368 g/mol. The highest BCUT2D eigenvalue weighted by atomic mass is 16.5. The SMILES string of the molecule is COc1ccc(NC(=O)[C@@H]2[C@H](C(=O)Nc3ccc(OC)cc3)[C@@H]3C=C[C@@H]2C3)cc1. The zero-order chi connectivity index (χ0) is 20.4. The first-order chi connectivity index (χ1) is 14.1. The molecule has 4 atom stereocenters. The Morgan fingerprint density at radius 1 is 0.724 bits per heavy atom. The van der Waals surface area contributed by atoms with Gasteiger partial charge in [0.05, 0.1) is 26.1 Å². The first-order valence-electron chi connectivity index (χ1n) is 9.67. The number of ether oxygens (including phenoxy) is 2. The van der Waals surface area contributed by atoms with Crippen LogP contribution < -0.4 is 20.1 Å². The van der Waals surface area contributed by atoms with Crippen LogP contribution in [0.15, 0.2) is 60.7 Å². The largest absolute Gasteiger partial charge is 0.497 e. The van der Waals surface area contributed by atoms with Crippen molar-refractivity contribution in [3.8, 4) is 11.5 Å². The number of allylic oxidation sites excluding steroid dienone is 2. The molecule has 1 fully saturated rings. The highest BCUT2D eigenvalue weighted by molar-refractivity contribution is 6.01. The van der Waals surface area contributed by atoms with Crippen molar-refractivity contribution in [1.82, 2.24) is 0 Å². The van der Waals surface area contributed by atoms with Crippen molar-refractivity contribution >= 4 is 23.2 Å². The van der Waals surface area contributed by atoms with E-state index in [1.165, 1.54) is 0 Å². The van der Waals surface area contributed by atoms with Gasteiger partial charge in [0.1, 0.15) is 11.5 Å². The summed E-state index contributed by atoms with van der Waals surface area (Å²) in [7, 11) is 3.20. The van der Waals surface area contributed by atoms with E-state index in [9.17, 15) is 9.59 Å². The fourth-order valence-corrected chi connectivity index (χ4v) is 4.34. The van der Waals surface area contributed by atoms with Gasteiger partial charge in [0.25, 0.3) is 0 Å². The highest BCUT2D eigenvalue weighted by Gasteiger charge is 2.51. The Morgan fingerprint density at radius 3 is 1.45 bits per heavy atom. The average molecular weight is 392 g/mol. The second kappa shape index (κ2) is 7.99. The third kappa shape index (κ3) is 3.83. The van der Waals surface area contributed by atoms with E-state index in [-0.39, 0.29) is 35.5 Å². The van der Waals surface area contributed by atoms with Crippen molar-refractivity contribution in [3.05, 3.63) is 60.7 Å². The zero-order valence-electron chi connectivity index (χ0n) is 16.4. The van der Waals surface area contributed by atoms with Gasteiger partial charge in [-0.15, -0.1) is 0 Å². The molecule has 2 aliphatic rings. The number of anilines is 2. The van der Waals surface area contributed by atoms with E-state index in [0.29, 0.717) is 11.4 Å². The van der Waals surface area contributed by atoms with Gasteiger partial charge in [0, 0.05) is 11.4 Å². The second-order valence-corrected chi connectivity index (χ2v) is 7.44. The van der Waals surface area contributed by atoms with E-state index >= 15 is 0 Å². The number of hydrogen-bond acceptors (Lipinski definition) is 4. The van der Waals surface area contributed by atoms with E-state index in [1.807, 2.05) is 0 Å². The van der Waals surface area contributed by atoms with Crippen LogP contribution in [0.2, 0.25) is 0 Å². The smallest absolute Gasteiger partial charge is 0.228 e. The number of fused-ring (bicyclic) bond motifs is 2. The average Bonchev–Trinajstić information content (AvgIpc) is 3.36. The molecule has 2 N–H and O–H groups in total. The Kier molecular flexibility index (Phi) is 5.25. The summed E-state index contributed by atoms with van der Waals surface area (Å²) in [6.07, 6.45) is 4.97. The number of benzene rings is 2. The summed E-state index contributed by atoms with van der Waals surface area (Å²) in [5.41, 5.74) is 1.38. The van der Waals surface area contributed by atoms with Crippen molar-refractivity contribution in [3.63, 3.8) is 0 Å². The molecule has 2 aromatic carbocycles. The highest BCUT2D eigenvalue weighted by Crippen LogP contribution is 2.48.